The summed E-state index contributed by atoms with van der Waals surface area (Å²) in [6.07, 6.45) is -12.5. The zero-order valence-electron chi connectivity index (χ0n) is 34.3. The number of ketones is 1. The summed E-state index contributed by atoms with van der Waals surface area (Å²) in [5, 5.41) is 85.1. The zero-order chi connectivity index (χ0) is 42.9. The zero-order valence-corrected chi connectivity index (χ0v) is 34.3. The third kappa shape index (κ3) is 6.25. The molecule has 16 nitrogen and oxygen atoms in total. The number of carboxylic acid groups (broad SMARTS) is 3. The van der Waals surface area contributed by atoms with Gasteiger partial charge in [0, 0.05) is 17.3 Å². The Morgan fingerprint density at radius 3 is 1.91 bits per heavy atom. The van der Waals surface area contributed by atoms with Crippen molar-refractivity contribution < 1.29 is 79.0 Å². The molecule has 19 unspecified atom stereocenters. The van der Waals surface area contributed by atoms with Crippen molar-refractivity contribution in [3.05, 3.63) is 11.6 Å². The van der Waals surface area contributed by atoms with Crippen molar-refractivity contribution >= 4 is 23.7 Å². The van der Waals surface area contributed by atoms with Crippen molar-refractivity contribution in [3.63, 3.8) is 0 Å². The molecule has 0 aromatic rings. The SMILES string of the molecule is CC1(C(=O)[O-])CCC2(C)CCC3(C)C(=CC(=O)C4C5(C)CCC(OC6OC(C(=O)O)C(O)C(O)C6OC6OC(C(=O)O)C(O)C(O)C6O)C(C)(C)C5CCC43C)C2C1. The Labute approximate surface area is 337 Å². The third-order valence-corrected chi connectivity index (χ3v) is 17.2. The summed E-state index contributed by atoms with van der Waals surface area (Å²) in [7, 11) is 0. The molecule has 0 spiro atoms. The van der Waals surface area contributed by atoms with Crippen molar-refractivity contribution in [2.24, 2.45) is 50.2 Å². The van der Waals surface area contributed by atoms with E-state index < -0.39 is 107 Å². The highest BCUT2D eigenvalue weighted by Crippen LogP contribution is 2.75. The normalized spacial score (nSPS) is 52.6. The van der Waals surface area contributed by atoms with Crippen LogP contribution in [0.2, 0.25) is 0 Å². The average molecular weight is 822 g/mol. The van der Waals surface area contributed by atoms with Crippen LogP contribution in [-0.4, -0.2) is 127 Å². The molecule has 6 fully saturated rings. The summed E-state index contributed by atoms with van der Waals surface area (Å²) >= 11 is 0. The molecule has 19 atom stereocenters. The van der Waals surface area contributed by atoms with Crippen molar-refractivity contribution in [2.75, 3.05) is 0 Å². The molecule has 7 rings (SSSR count). The number of aliphatic carboxylic acids is 3. The largest absolute Gasteiger partial charge is 0.550 e. The fraction of sp³-hybridized carbons (Fsp3) is 0.857. The van der Waals surface area contributed by atoms with Crippen LogP contribution in [0.3, 0.4) is 0 Å². The first-order valence-corrected chi connectivity index (χ1v) is 20.7. The predicted molar refractivity (Wildman–Crippen MR) is 197 cm³/mol. The summed E-state index contributed by atoms with van der Waals surface area (Å²) < 4.78 is 23.4. The minimum atomic E-state index is -2.05. The Morgan fingerprint density at radius 1 is 0.724 bits per heavy atom. The average Bonchev–Trinajstić information content (AvgIpc) is 3.13. The third-order valence-electron chi connectivity index (χ3n) is 17.2. The molecule has 0 aromatic heterocycles. The second-order valence-electron chi connectivity index (χ2n) is 20.6. The van der Waals surface area contributed by atoms with Crippen LogP contribution in [0.25, 0.3) is 0 Å². The number of ether oxygens (including phenoxy) is 4. The molecule has 2 aliphatic heterocycles. The molecule has 326 valence electrons. The molecule has 0 bridgehead atoms. The highest BCUT2D eigenvalue weighted by atomic mass is 16.8. The molecule has 5 aliphatic carbocycles. The van der Waals surface area contributed by atoms with E-state index in [0.717, 1.165) is 24.8 Å². The lowest BCUT2D eigenvalue weighted by Gasteiger charge is -2.70. The minimum absolute atomic E-state index is 0.0471. The van der Waals surface area contributed by atoms with Gasteiger partial charge in [0.05, 0.1) is 6.10 Å². The monoisotopic (exact) mass is 821 g/mol. The standard InChI is InChI=1S/C42H62O16/c1-37(2)21-8-11-42(7)31(20(43)16-18-19-17-39(4,36(53)54)13-12-38(19,3)14-15-41(18,42)6)40(21,5)10-9-22(37)55-35-30(26(47)25(46)29(57-35)33(51)52)58-34-27(48)23(44)24(45)28(56-34)32(49)50/h16,19,21-31,34-35,44-48H,8-15,17H2,1-7H3,(H,49,50)(H,51,52)(H,53,54)/p-1. The number of carboxylic acids is 3. The molecule has 7 aliphatic rings. The number of aliphatic hydroxyl groups excluding tert-OH is 5. The van der Waals surface area contributed by atoms with E-state index in [1.165, 1.54) is 0 Å². The van der Waals surface area contributed by atoms with Crippen molar-refractivity contribution in [1.29, 1.82) is 0 Å². The topological polar surface area (TPSA) is 270 Å². The fourth-order valence-corrected chi connectivity index (χ4v) is 13.4. The van der Waals surface area contributed by atoms with Crippen LogP contribution in [0.4, 0.5) is 0 Å². The van der Waals surface area contributed by atoms with Crippen molar-refractivity contribution in [2.45, 2.75) is 174 Å². The lowest BCUT2D eigenvalue weighted by molar-refractivity contribution is -0.371. The van der Waals surface area contributed by atoms with Gasteiger partial charge in [-0.05, 0) is 103 Å². The number of rotatable bonds is 7. The second-order valence-corrected chi connectivity index (χ2v) is 20.6. The molecule has 0 aromatic carbocycles. The molecule has 2 heterocycles. The predicted octanol–water partition coefficient (Wildman–Crippen LogP) is 0.911. The summed E-state index contributed by atoms with van der Waals surface area (Å²) in [4.78, 5) is 51.2. The molecular weight excluding hydrogens is 760 g/mol. The maximum absolute atomic E-state index is 14.8. The molecule has 0 amide bonds. The Balaban J connectivity index is 1.17. The van der Waals surface area contributed by atoms with Gasteiger partial charge < -0.3 is 64.6 Å². The van der Waals surface area contributed by atoms with Crippen LogP contribution in [-0.2, 0) is 38.1 Å². The Morgan fingerprint density at radius 2 is 1.31 bits per heavy atom. The van der Waals surface area contributed by atoms with Crippen LogP contribution in [0.5, 0.6) is 0 Å². The number of carbonyl (C=O) groups is 4. The van der Waals surface area contributed by atoms with Crippen molar-refractivity contribution in [3.8, 4) is 0 Å². The van der Waals surface area contributed by atoms with Gasteiger partial charge in [0.25, 0.3) is 0 Å². The van der Waals surface area contributed by atoms with Gasteiger partial charge >= 0.3 is 11.9 Å². The summed E-state index contributed by atoms with van der Waals surface area (Å²) in [5.74, 6) is -4.80. The van der Waals surface area contributed by atoms with E-state index in [4.69, 9.17) is 18.9 Å². The van der Waals surface area contributed by atoms with Gasteiger partial charge in [-0.3, -0.25) is 4.79 Å². The van der Waals surface area contributed by atoms with E-state index >= 15 is 0 Å². The van der Waals surface area contributed by atoms with Crippen LogP contribution >= 0.6 is 0 Å². The number of hydrogen-bond donors (Lipinski definition) is 7. The summed E-state index contributed by atoms with van der Waals surface area (Å²) in [6.45, 7) is 14.7. The smallest absolute Gasteiger partial charge is 0.335 e. The number of aliphatic hydroxyl groups is 5. The van der Waals surface area contributed by atoms with E-state index in [1.54, 1.807) is 6.92 Å². The first-order chi connectivity index (χ1) is 26.8. The van der Waals surface area contributed by atoms with Crippen LogP contribution in [0.1, 0.15) is 106 Å². The molecular formula is C42H61O16-. The van der Waals surface area contributed by atoms with Gasteiger partial charge in [0.15, 0.2) is 30.6 Å². The van der Waals surface area contributed by atoms with Gasteiger partial charge in [-0.25, -0.2) is 9.59 Å². The molecule has 4 saturated carbocycles. The van der Waals surface area contributed by atoms with Gasteiger partial charge in [0.1, 0.15) is 36.6 Å². The lowest BCUT2D eigenvalue weighted by Crippen LogP contribution is -2.68. The maximum atomic E-state index is 14.8. The summed E-state index contributed by atoms with van der Waals surface area (Å²) in [6, 6.07) is 0. The Bertz CT molecular complexity index is 1730. The molecule has 16 heteroatoms. The summed E-state index contributed by atoms with van der Waals surface area (Å²) in [5.41, 5.74) is -2.03. The first kappa shape index (κ1) is 43.5. The number of carbonyl (C=O) groups excluding carboxylic acids is 2. The fourth-order valence-electron chi connectivity index (χ4n) is 13.4. The highest BCUT2D eigenvalue weighted by Gasteiger charge is 2.70. The minimum Gasteiger partial charge on any atom is -0.550 e. The van der Waals surface area contributed by atoms with Gasteiger partial charge in [-0.1, -0.05) is 54.0 Å². The first-order valence-electron chi connectivity index (χ1n) is 20.7. The molecule has 7 N–H and O–H groups in total. The van der Waals surface area contributed by atoms with E-state index in [-0.39, 0.29) is 34.4 Å². The van der Waals surface area contributed by atoms with Crippen LogP contribution < -0.4 is 5.11 Å². The van der Waals surface area contributed by atoms with E-state index in [9.17, 15) is 60.0 Å². The second kappa shape index (κ2) is 14.3. The molecule has 58 heavy (non-hydrogen) atoms. The lowest BCUT2D eigenvalue weighted by atomic mass is 9.33. The van der Waals surface area contributed by atoms with Crippen molar-refractivity contribution in [1.82, 2.24) is 0 Å². The number of allylic oxidation sites excluding steroid dienone is 2. The Kier molecular flexibility index (Phi) is 10.7. The Hall–Kier alpha value is -2.54. The van der Waals surface area contributed by atoms with Gasteiger partial charge in [-0.2, -0.15) is 0 Å². The van der Waals surface area contributed by atoms with E-state index in [0.29, 0.717) is 38.5 Å². The van der Waals surface area contributed by atoms with Crippen LogP contribution in [0.15, 0.2) is 11.6 Å². The van der Waals surface area contributed by atoms with Gasteiger partial charge in [-0.15, -0.1) is 0 Å². The number of fused-ring (bicyclic) bond motifs is 7. The maximum Gasteiger partial charge on any atom is 0.335 e. The van der Waals surface area contributed by atoms with Gasteiger partial charge in [0.2, 0.25) is 0 Å². The molecule has 0 radical (unpaired) electrons. The van der Waals surface area contributed by atoms with Crippen LogP contribution in [0, 0.1) is 50.2 Å². The quantitative estimate of drug-likeness (QED) is 0.176. The van der Waals surface area contributed by atoms with E-state index in [2.05, 4.69) is 27.7 Å². The number of hydrogen-bond acceptors (Lipinski definition) is 14. The highest BCUT2D eigenvalue weighted by molar-refractivity contribution is 5.95. The molecule has 2 saturated heterocycles. The van der Waals surface area contributed by atoms with E-state index in [1.807, 2.05) is 19.9 Å².